The molecule has 144 valence electrons. The van der Waals surface area contributed by atoms with Crippen molar-refractivity contribution < 1.29 is 14.7 Å². The molecule has 2 aliphatic rings. The lowest BCUT2D eigenvalue weighted by Gasteiger charge is -2.37. The second kappa shape index (κ2) is 9.02. The van der Waals surface area contributed by atoms with E-state index in [1.807, 2.05) is 13.8 Å². The molecule has 0 radical (unpaired) electrons. The largest absolute Gasteiger partial charge is 0.479 e. The van der Waals surface area contributed by atoms with E-state index in [0.717, 1.165) is 57.8 Å². The van der Waals surface area contributed by atoms with Gasteiger partial charge < -0.3 is 16.2 Å². The number of nitrogens with two attached hydrogens (primary N) is 1. The Hall–Kier alpha value is -1.10. The summed E-state index contributed by atoms with van der Waals surface area (Å²) >= 11 is 0. The van der Waals surface area contributed by atoms with Crippen molar-refractivity contribution in [3.8, 4) is 0 Å². The summed E-state index contributed by atoms with van der Waals surface area (Å²) in [6.45, 7) is 4.06. The molecule has 0 saturated heterocycles. The number of aliphatic carboxylic acids is 1. The van der Waals surface area contributed by atoms with E-state index in [9.17, 15) is 14.7 Å². The lowest BCUT2D eigenvalue weighted by atomic mass is 9.76. The third-order valence-electron chi connectivity index (χ3n) is 6.20. The standard InChI is InChI=1S/C20H36N2O3/c1-14(2)13-20(19(24)25,16-5-3-4-6-16)22-18(23)12-9-15-7-10-17(21)11-8-15/h14-17H,3-13,21H2,1-2H3,(H,22,23)(H,24,25)/t15?,17?,20-/m0/s1. The Morgan fingerprint density at radius 2 is 1.72 bits per heavy atom. The summed E-state index contributed by atoms with van der Waals surface area (Å²) in [5.74, 6) is -0.0999. The van der Waals surface area contributed by atoms with E-state index < -0.39 is 11.5 Å². The molecular weight excluding hydrogens is 316 g/mol. The minimum atomic E-state index is -1.09. The molecule has 25 heavy (non-hydrogen) atoms. The monoisotopic (exact) mass is 352 g/mol. The molecule has 0 spiro atoms. The van der Waals surface area contributed by atoms with Crippen molar-refractivity contribution in [1.29, 1.82) is 0 Å². The SMILES string of the molecule is CC(C)C[C@@](NC(=O)CCC1CCC(N)CC1)(C(=O)O)C1CCCC1. The molecule has 0 aromatic rings. The van der Waals surface area contributed by atoms with Crippen LogP contribution >= 0.6 is 0 Å². The van der Waals surface area contributed by atoms with Gasteiger partial charge in [-0.25, -0.2) is 4.79 Å². The molecule has 2 aliphatic carbocycles. The minimum absolute atomic E-state index is 0.0593. The van der Waals surface area contributed by atoms with Gasteiger partial charge in [-0.2, -0.15) is 0 Å². The fourth-order valence-corrected chi connectivity index (χ4v) is 4.82. The number of amides is 1. The van der Waals surface area contributed by atoms with Crippen LogP contribution in [0, 0.1) is 17.8 Å². The van der Waals surface area contributed by atoms with Gasteiger partial charge in [-0.05, 0) is 69.1 Å². The number of hydrogen-bond acceptors (Lipinski definition) is 3. The van der Waals surface area contributed by atoms with Gasteiger partial charge in [0.2, 0.25) is 5.91 Å². The quantitative estimate of drug-likeness (QED) is 0.624. The first-order valence-corrected chi connectivity index (χ1v) is 10.1. The summed E-state index contributed by atoms with van der Waals surface area (Å²) in [6, 6.07) is 0.318. The number of rotatable bonds is 8. The Bertz CT molecular complexity index is 452. The Morgan fingerprint density at radius 3 is 2.24 bits per heavy atom. The lowest BCUT2D eigenvalue weighted by Crippen LogP contribution is -2.59. The van der Waals surface area contributed by atoms with Crippen LogP contribution in [-0.2, 0) is 9.59 Å². The van der Waals surface area contributed by atoms with Crippen molar-refractivity contribution in [1.82, 2.24) is 5.32 Å². The molecule has 0 aliphatic heterocycles. The summed E-state index contributed by atoms with van der Waals surface area (Å²) in [6.07, 6.45) is 9.99. The molecule has 0 unspecified atom stereocenters. The average Bonchev–Trinajstić information content (AvgIpc) is 3.08. The van der Waals surface area contributed by atoms with Crippen LogP contribution in [0.15, 0.2) is 0 Å². The zero-order valence-corrected chi connectivity index (χ0v) is 15.9. The van der Waals surface area contributed by atoms with Crippen LogP contribution in [0.25, 0.3) is 0 Å². The van der Waals surface area contributed by atoms with Crippen LogP contribution in [0.4, 0.5) is 0 Å². The maximum absolute atomic E-state index is 12.6. The first kappa shape index (κ1) is 20.2. The van der Waals surface area contributed by atoms with Crippen molar-refractivity contribution in [2.24, 2.45) is 23.5 Å². The predicted molar refractivity (Wildman–Crippen MR) is 99.1 cm³/mol. The van der Waals surface area contributed by atoms with Crippen molar-refractivity contribution in [2.75, 3.05) is 0 Å². The summed E-state index contributed by atoms with van der Waals surface area (Å²) in [4.78, 5) is 24.8. The summed E-state index contributed by atoms with van der Waals surface area (Å²) in [5, 5.41) is 13.0. The molecule has 5 heteroatoms. The number of hydrogen-bond donors (Lipinski definition) is 3. The van der Waals surface area contributed by atoms with E-state index >= 15 is 0 Å². The first-order valence-electron chi connectivity index (χ1n) is 10.1. The van der Waals surface area contributed by atoms with Gasteiger partial charge in [0.1, 0.15) is 5.54 Å². The van der Waals surface area contributed by atoms with Crippen LogP contribution in [0.3, 0.4) is 0 Å². The van der Waals surface area contributed by atoms with E-state index in [2.05, 4.69) is 5.32 Å². The average molecular weight is 353 g/mol. The maximum atomic E-state index is 12.6. The Labute approximate surface area is 152 Å². The topological polar surface area (TPSA) is 92.4 Å². The van der Waals surface area contributed by atoms with Crippen LogP contribution in [0.1, 0.15) is 84.5 Å². The van der Waals surface area contributed by atoms with Crippen LogP contribution < -0.4 is 11.1 Å². The number of carboxylic acids is 1. The highest BCUT2D eigenvalue weighted by atomic mass is 16.4. The van der Waals surface area contributed by atoms with Crippen LogP contribution in [-0.4, -0.2) is 28.6 Å². The zero-order chi connectivity index (χ0) is 18.4. The molecule has 5 nitrogen and oxygen atoms in total. The molecule has 2 saturated carbocycles. The summed E-state index contributed by atoms with van der Waals surface area (Å²) in [7, 11) is 0. The minimum Gasteiger partial charge on any atom is -0.479 e. The maximum Gasteiger partial charge on any atom is 0.329 e. The van der Waals surface area contributed by atoms with Gasteiger partial charge in [-0.15, -0.1) is 0 Å². The van der Waals surface area contributed by atoms with Crippen LogP contribution in [0.5, 0.6) is 0 Å². The molecule has 1 atom stereocenters. The Kier molecular flexibility index (Phi) is 7.29. The van der Waals surface area contributed by atoms with E-state index in [-0.39, 0.29) is 17.7 Å². The molecule has 0 aromatic carbocycles. The fraction of sp³-hybridized carbons (Fsp3) is 0.900. The zero-order valence-electron chi connectivity index (χ0n) is 15.9. The van der Waals surface area contributed by atoms with E-state index in [1.54, 1.807) is 0 Å². The number of nitrogens with one attached hydrogen (secondary N) is 1. The number of carbonyl (C=O) groups excluding carboxylic acids is 1. The smallest absolute Gasteiger partial charge is 0.329 e. The highest BCUT2D eigenvalue weighted by Gasteiger charge is 2.48. The van der Waals surface area contributed by atoms with Crippen molar-refractivity contribution >= 4 is 11.9 Å². The van der Waals surface area contributed by atoms with Gasteiger partial charge in [-0.1, -0.05) is 26.7 Å². The van der Waals surface area contributed by atoms with Crippen molar-refractivity contribution in [2.45, 2.75) is 96.1 Å². The molecule has 1 amide bonds. The Balaban J connectivity index is 1.97. The molecular formula is C20H36N2O3. The highest BCUT2D eigenvalue weighted by molar-refractivity contribution is 5.87. The second-order valence-electron chi connectivity index (χ2n) is 8.72. The van der Waals surface area contributed by atoms with Gasteiger partial charge in [0, 0.05) is 12.5 Å². The first-order chi connectivity index (χ1) is 11.8. The fourth-order valence-electron chi connectivity index (χ4n) is 4.82. The Morgan fingerprint density at radius 1 is 1.12 bits per heavy atom. The predicted octanol–water partition coefficient (Wildman–Crippen LogP) is 3.46. The van der Waals surface area contributed by atoms with Gasteiger partial charge in [0.15, 0.2) is 0 Å². The molecule has 2 fully saturated rings. The highest BCUT2D eigenvalue weighted by Crippen LogP contribution is 2.38. The van der Waals surface area contributed by atoms with Crippen LogP contribution in [0.2, 0.25) is 0 Å². The van der Waals surface area contributed by atoms with Gasteiger partial charge in [-0.3, -0.25) is 4.79 Å². The lowest BCUT2D eigenvalue weighted by molar-refractivity contribution is -0.151. The molecule has 0 bridgehead atoms. The molecule has 4 N–H and O–H groups in total. The molecule has 0 heterocycles. The van der Waals surface area contributed by atoms with Gasteiger partial charge in [0.05, 0.1) is 0 Å². The van der Waals surface area contributed by atoms with E-state index in [0.29, 0.717) is 24.8 Å². The second-order valence-corrected chi connectivity index (χ2v) is 8.72. The van der Waals surface area contributed by atoms with Crippen molar-refractivity contribution in [3.63, 3.8) is 0 Å². The third-order valence-corrected chi connectivity index (χ3v) is 6.20. The van der Waals surface area contributed by atoms with Gasteiger partial charge >= 0.3 is 5.97 Å². The van der Waals surface area contributed by atoms with Gasteiger partial charge in [0.25, 0.3) is 0 Å². The molecule has 2 rings (SSSR count). The van der Waals surface area contributed by atoms with Crippen molar-refractivity contribution in [3.05, 3.63) is 0 Å². The summed E-state index contributed by atoms with van der Waals surface area (Å²) in [5.41, 5.74) is 4.85. The third kappa shape index (κ3) is 5.44. The summed E-state index contributed by atoms with van der Waals surface area (Å²) < 4.78 is 0. The number of carboxylic acid groups (broad SMARTS) is 1. The van der Waals surface area contributed by atoms with E-state index in [4.69, 9.17) is 5.73 Å². The van der Waals surface area contributed by atoms with E-state index in [1.165, 1.54) is 0 Å². The normalized spacial score (nSPS) is 27.2. The molecule has 0 aromatic heterocycles. The number of carbonyl (C=O) groups is 2.